The lowest BCUT2D eigenvalue weighted by Crippen LogP contribution is -2.69. The molecule has 21 fully saturated rings. The molecule has 0 spiro atoms. The van der Waals surface area contributed by atoms with Crippen molar-refractivity contribution in [1.29, 1.82) is 0 Å². The first-order valence-electron chi connectivity index (χ1n) is 32.1. The predicted molar refractivity (Wildman–Crippen MR) is 323 cm³/mol. The Kier molecular flexibility index (Phi) is 32.6. The monoisotopic (exact) mass is 1400 g/mol. The molecule has 0 saturated carbocycles. The van der Waals surface area contributed by atoms with E-state index in [4.69, 9.17) is 168 Å². The molecule has 0 unspecified atom stereocenters. The highest BCUT2D eigenvalue weighted by molar-refractivity contribution is 5.04. The molecule has 0 aromatic carbocycles. The van der Waals surface area contributed by atoms with E-state index in [1.165, 1.54) is 135 Å². The number of ether oxygens (including phenoxy) is 33. The van der Waals surface area contributed by atoms with Crippen LogP contribution in [0, 0.1) is 0 Å². The van der Waals surface area contributed by atoms with Gasteiger partial charge < -0.3 is 168 Å². The fourth-order valence-corrected chi connectivity index (χ4v) is 14.6. The summed E-state index contributed by atoms with van der Waals surface area (Å²) in [6.07, 6.45) is -35.9. The summed E-state index contributed by atoms with van der Waals surface area (Å²) in [5.41, 5.74) is 13.2. The summed E-state index contributed by atoms with van der Waals surface area (Å²) in [7, 11) is 28.5. The zero-order chi connectivity index (χ0) is 69.5. The zero-order valence-electron chi connectivity index (χ0n) is 58.8. The van der Waals surface area contributed by atoms with Gasteiger partial charge in [0.05, 0.1) is 33.0 Å². The number of hydrogen-bond donors (Lipinski definition) is 2. The predicted octanol–water partition coefficient (Wildman–Crippen LogP) is -2.87. The van der Waals surface area contributed by atoms with Gasteiger partial charge in [0.25, 0.3) is 0 Å². The van der Waals surface area contributed by atoms with Crippen LogP contribution in [0.5, 0.6) is 0 Å². The molecule has 0 aromatic heterocycles. The summed E-state index contributed by atoms with van der Waals surface area (Å²) >= 11 is 0. The van der Waals surface area contributed by atoms with E-state index in [9.17, 15) is 0 Å². The third kappa shape index (κ3) is 17.0. The largest absolute Gasteiger partial charge is 0.382 e. The van der Waals surface area contributed by atoms with E-state index in [1.54, 1.807) is 0 Å². The van der Waals surface area contributed by atoms with Crippen LogP contribution in [0.3, 0.4) is 0 Å². The molecule has 21 heterocycles. The van der Waals surface area contributed by atoms with Crippen molar-refractivity contribution in [3.05, 3.63) is 0 Å². The van der Waals surface area contributed by atoms with Crippen LogP contribution < -0.4 is 11.5 Å². The minimum Gasteiger partial charge on any atom is -0.382 e. The van der Waals surface area contributed by atoms with Crippen LogP contribution in [-0.2, 0) is 156 Å². The molecule has 35 nitrogen and oxygen atoms in total. The van der Waals surface area contributed by atoms with Crippen LogP contribution in [-0.4, -0.2) is 396 Å². The van der Waals surface area contributed by atoms with Gasteiger partial charge in [-0.3, -0.25) is 0 Å². The van der Waals surface area contributed by atoms with Crippen LogP contribution in [0.25, 0.3) is 0 Å². The third-order valence-corrected chi connectivity index (χ3v) is 19.1. The lowest BCUT2D eigenvalue weighted by atomic mass is 9.94. The molecule has 0 aromatic rings. The normalized spacial score (nSPS) is 46.8. The summed E-state index contributed by atoms with van der Waals surface area (Å²) in [4.78, 5) is 0. The molecule has 14 bridgehead atoms. The Bertz CT molecular complexity index is 2170. The van der Waals surface area contributed by atoms with Gasteiger partial charge in [-0.15, -0.1) is 0 Å². The summed E-state index contributed by atoms with van der Waals surface area (Å²) in [6, 6.07) is 0. The Morgan fingerprint density at radius 2 is 0.302 bits per heavy atom. The maximum Gasteiger partial charge on any atom is 0.187 e. The van der Waals surface area contributed by atoms with Gasteiger partial charge in [-0.1, -0.05) is 0 Å². The number of methoxy groups -OCH3 is 19. The Morgan fingerprint density at radius 3 is 0.417 bits per heavy atom. The van der Waals surface area contributed by atoms with Crippen molar-refractivity contribution in [3.63, 3.8) is 0 Å². The number of nitrogens with two attached hydrogens (primary N) is 2. The molecule has 21 rings (SSSR count). The first kappa shape index (κ1) is 80.3. The van der Waals surface area contributed by atoms with Crippen molar-refractivity contribution >= 4 is 0 Å². The minimum absolute atomic E-state index is 0.0388. The van der Waals surface area contributed by atoms with Crippen molar-refractivity contribution in [2.45, 2.75) is 215 Å². The molecule has 562 valence electrons. The lowest BCUT2D eigenvalue weighted by molar-refractivity contribution is -0.401. The van der Waals surface area contributed by atoms with Gasteiger partial charge in [0.15, 0.2) is 44.0 Å². The summed E-state index contributed by atoms with van der Waals surface area (Å²) in [5.74, 6) is 0. The Labute approximate surface area is 562 Å². The summed E-state index contributed by atoms with van der Waals surface area (Å²) in [5, 5.41) is 0. The molecule has 35 atom stereocenters. The van der Waals surface area contributed by atoms with Crippen molar-refractivity contribution in [2.24, 2.45) is 11.5 Å². The molecule has 21 aliphatic rings. The quantitative estimate of drug-likeness (QED) is 0.0879. The Balaban J connectivity index is 1.22. The third-order valence-electron chi connectivity index (χ3n) is 19.1. The van der Waals surface area contributed by atoms with Crippen molar-refractivity contribution in [2.75, 3.05) is 181 Å². The average molecular weight is 1400 g/mol. The highest BCUT2D eigenvalue weighted by atomic mass is 16.8. The second kappa shape index (κ2) is 38.9. The van der Waals surface area contributed by atoms with Crippen LogP contribution in [0.1, 0.15) is 0 Å². The topological polar surface area (TPSA) is 357 Å². The molecule has 0 aliphatic carbocycles. The minimum atomic E-state index is -1.22. The second-order valence-electron chi connectivity index (χ2n) is 24.1. The van der Waals surface area contributed by atoms with Crippen LogP contribution >= 0.6 is 0 Å². The molecule has 35 heteroatoms. The van der Waals surface area contributed by atoms with Gasteiger partial charge in [0, 0.05) is 148 Å². The van der Waals surface area contributed by atoms with E-state index in [2.05, 4.69) is 0 Å². The zero-order valence-corrected chi connectivity index (χ0v) is 58.8. The number of hydrogen-bond acceptors (Lipinski definition) is 35. The van der Waals surface area contributed by atoms with Crippen LogP contribution in [0.4, 0.5) is 0 Å². The van der Waals surface area contributed by atoms with Crippen LogP contribution in [0.15, 0.2) is 0 Å². The van der Waals surface area contributed by atoms with Gasteiger partial charge >= 0.3 is 0 Å². The molecule has 96 heavy (non-hydrogen) atoms. The molecule has 4 N–H and O–H groups in total. The van der Waals surface area contributed by atoms with E-state index in [1.807, 2.05) is 0 Å². The van der Waals surface area contributed by atoms with Gasteiger partial charge in [-0.25, -0.2) is 0 Å². The maximum absolute atomic E-state index is 7.01. The van der Waals surface area contributed by atoms with Gasteiger partial charge in [-0.2, -0.15) is 0 Å². The Morgan fingerprint density at radius 1 is 0.177 bits per heavy atom. The van der Waals surface area contributed by atoms with E-state index < -0.39 is 215 Å². The smallest absolute Gasteiger partial charge is 0.187 e. The molecular weight excluding hydrogens is 1290 g/mol. The summed E-state index contributed by atoms with van der Waals surface area (Å²) in [6.45, 7) is -0.412. The van der Waals surface area contributed by atoms with Gasteiger partial charge in [0.1, 0.15) is 171 Å². The highest BCUT2D eigenvalue weighted by Crippen LogP contribution is 2.43. The van der Waals surface area contributed by atoms with Crippen LogP contribution in [0.2, 0.25) is 0 Å². The molecule has 21 saturated heterocycles. The molecule has 0 radical (unpaired) electrons. The van der Waals surface area contributed by atoms with Gasteiger partial charge in [-0.05, 0) is 0 Å². The number of rotatable bonds is 26. The molecule has 21 aliphatic heterocycles. The molecule has 0 amide bonds. The fraction of sp³-hybridized carbons (Fsp3) is 1.00. The second-order valence-corrected chi connectivity index (χ2v) is 24.1. The lowest BCUT2D eigenvalue weighted by Gasteiger charge is -2.52. The van der Waals surface area contributed by atoms with Crippen molar-refractivity contribution < 1.29 is 156 Å². The van der Waals surface area contributed by atoms with E-state index >= 15 is 0 Å². The summed E-state index contributed by atoms with van der Waals surface area (Å²) < 4.78 is 213. The van der Waals surface area contributed by atoms with Gasteiger partial charge in [0.2, 0.25) is 0 Å². The SMILES string of the molecule is COC[C@H]1O[C@@H]2O[C@H]3[C@H](OC)[C@@H](OC)[C@@H](O[C@H]4[C@H](OC)[C@@H](OC)[C@@H](O[C@H]5[C@H](OC)[C@@H](OC)[C@@H](O[C@H]6[C@H](OC)[C@@H](OC)[C@@H](O[C@H]7[C@H](OC)[C@@H](OC)[C@@H](O[C@H]8[C@H](OC)[C@@H](OC)[C@@H](O[C@H]1[C@H](OC)[C@H]2OC)O[C@@H]8CN)O[C@@H]7COC)O[C@@H]6COC)O[C@@H]5COC)O[C@@H]4CN)O[C@@H]3COC. The first-order chi connectivity index (χ1) is 46.7. The fourth-order valence-electron chi connectivity index (χ4n) is 14.6. The highest BCUT2D eigenvalue weighted by Gasteiger charge is 2.62. The molecular formula is C61H110N2O33. The maximum atomic E-state index is 7.01. The standard InChI is InChI=1S/C61H110N2O33/c1-64-22-29-36-43(71-8)52(80-17)59(87-29)94-38-31(24-66-3)85-57(50(78-15)45(38)73-10)90-34-27(20-62)84-56(49(77-14)41(34)69-6)93-37-30(23-65-2)88-60(53(81-18)44(37)72-9)96-40-33(26-68-5)89-61(54(82-19)47(40)75-12)95-39-32(25-67-4)86-58(51(79-16)46(39)74-11)91-35-28(21-63)83-55(92-36)48(76-13)42(35)70-7/h27-61H,20-26,62-63H2,1-19H3/t27-,28-,29-,30-,31-,32-,33-,34-,35-,36-,37-,38-,39-,40-,41+,42+,43+,44+,45+,46+,47+,48-,49-,50-,51-,52-,53-,54-,55-,56-,57-,58-,59-,60-,61-/m1/s1. The van der Waals surface area contributed by atoms with Crippen molar-refractivity contribution in [3.8, 4) is 0 Å². The average Bonchev–Trinajstić information content (AvgIpc) is 0.771. The van der Waals surface area contributed by atoms with E-state index in [0.29, 0.717) is 0 Å². The van der Waals surface area contributed by atoms with E-state index in [0.717, 1.165) is 0 Å². The Hall–Kier alpha value is -1.40. The van der Waals surface area contributed by atoms with E-state index in [-0.39, 0.29) is 46.1 Å². The first-order valence-corrected chi connectivity index (χ1v) is 32.1. The van der Waals surface area contributed by atoms with Crippen molar-refractivity contribution in [1.82, 2.24) is 0 Å².